The second-order valence-electron chi connectivity index (χ2n) is 12.7. The first-order chi connectivity index (χ1) is 20.9. The fourth-order valence-electron chi connectivity index (χ4n) is 7.54. The Hall–Kier alpha value is -4.94. The van der Waals surface area contributed by atoms with E-state index in [4.69, 9.17) is 0 Å². The molecule has 0 radical (unpaired) electrons. The molecule has 43 heavy (non-hydrogen) atoms. The van der Waals surface area contributed by atoms with Crippen LogP contribution in [0.5, 0.6) is 0 Å². The molecule has 1 aliphatic carbocycles. The lowest BCUT2D eigenvalue weighted by atomic mass is 9.80. The Morgan fingerprint density at radius 1 is 0.395 bits per heavy atom. The molecular formula is C43H34. The second kappa shape index (κ2) is 9.54. The van der Waals surface area contributed by atoms with Crippen molar-refractivity contribution in [2.24, 2.45) is 0 Å². The molecule has 0 N–H and O–H groups in total. The van der Waals surface area contributed by atoms with Crippen LogP contribution < -0.4 is 0 Å². The molecule has 0 spiro atoms. The van der Waals surface area contributed by atoms with Crippen molar-refractivity contribution in [3.63, 3.8) is 0 Å². The van der Waals surface area contributed by atoms with Crippen LogP contribution in [0.4, 0.5) is 0 Å². The van der Waals surface area contributed by atoms with Crippen molar-refractivity contribution >= 4 is 21.5 Å². The molecule has 0 saturated heterocycles. The molecule has 0 fully saturated rings. The summed E-state index contributed by atoms with van der Waals surface area (Å²) < 4.78 is 0. The zero-order chi connectivity index (χ0) is 29.3. The van der Waals surface area contributed by atoms with Crippen molar-refractivity contribution in [3.05, 3.63) is 156 Å². The molecule has 1 aliphatic rings. The molecule has 0 unspecified atom stereocenters. The molecular weight excluding hydrogens is 516 g/mol. The summed E-state index contributed by atoms with van der Waals surface area (Å²) in [5.41, 5.74) is 15.8. The SMILES string of the molecule is Cc1ccc(-c2c3ccccc3c(-c3ccc4c(c3)C(C)(C)c3ccccc3-4)c3cc(-c4ccccc4)ccc23)c(C)c1. The van der Waals surface area contributed by atoms with Gasteiger partial charge in [-0.25, -0.2) is 0 Å². The van der Waals surface area contributed by atoms with E-state index < -0.39 is 0 Å². The third kappa shape index (κ3) is 3.90. The van der Waals surface area contributed by atoms with Gasteiger partial charge in [0.05, 0.1) is 0 Å². The van der Waals surface area contributed by atoms with Crippen molar-refractivity contribution in [3.8, 4) is 44.5 Å². The summed E-state index contributed by atoms with van der Waals surface area (Å²) in [5, 5.41) is 5.18. The maximum atomic E-state index is 2.47. The van der Waals surface area contributed by atoms with Crippen molar-refractivity contribution in [1.82, 2.24) is 0 Å². The van der Waals surface area contributed by atoms with Gasteiger partial charge < -0.3 is 0 Å². The molecule has 0 amide bonds. The van der Waals surface area contributed by atoms with E-state index >= 15 is 0 Å². The molecule has 0 bridgehead atoms. The Morgan fingerprint density at radius 2 is 1.02 bits per heavy atom. The monoisotopic (exact) mass is 550 g/mol. The fourth-order valence-corrected chi connectivity index (χ4v) is 7.54. The van der Waals surface area contributed by atoms with Crippen LogP contribution in [0.1, 0.15) is 36.1 Å². The van der Waals surface area contributed by atoms with E-state index in [0.29, 0.717) is 0 Å². The molecule has 7 aromatic rings. The Morgan fingerprint density at radius 3 is 1.81 bits per heavy atom. The van der Waals surface area contributed by atoms with Crippen LogP contribution >= 0.6 is 0 Å². The van der Waals surface area contributed by atoms with E-state index in [-0.39, 0.29) is 5.41 Å². The van der Waals surface area contributed by atoms with E-state index in [1.54, 1.807) is 0 Å². The molecule has 0 aromatic heterocycles. The first-order valence-electron chi connectivity index (χ1n) is 15.3. The number of hydrogen-bond acceptors (Lipinski definition) is 0. The second-order valence-corrected chi connectivity index (χ2v) is 12.7. The van der Waals surface area contributed by atoms with Gasteiger partial charge in [0.2, 0.25) is 0 Å². The van der Waals surface area contributed by atoms with E-state index in [1.807, 2.05) is 0 Å². The fraction of sp³-hybridized carbons (Fsp3) is 0.116. The third-order valence-electron chi connectivity index (χ3n) is 9.65. The average molecular weight is 551 g/mol. The van der Waals surface area contributed by atoms with Gasteiger partial charge in [-0.1, -0.05) is 141 Å². The largest absolute Gasteiger partial charge is 0.0622 e. The summed E-state index contributed by atoms with van der Waals surface area (Å²) in [6.45, 7) is 9.16. The Kier molecular flexibility index (Phi) is 5.71. The number of rotatable bonds is 3. The van der Waals surface area contributed by atoms with Crippen LogP contribution in [0.3, 0.4) is 0 Å². The van der Waals surface area contributed by atoms with E-state index in [1.165, 1.54) is 88.3 Å². The lowest BCUT2D eigenvalue weighted by molar-refractivity contribution is 0.660. The maximum absolute atomic E-state index is 2.47. The predicted octanol–water partition coefficient (Wildman–Crippen LogP) is 11.9. The number of aryl methyl sites for hydroxylation is 2. The van der Waals surface area contributed by atoms with Crippen LogP contribution in [0.15, 0.2) is 133 Å². The van der Waals surface area contributed by atoms with Gasteiger partial charge in [-0.3, -0.25) is 0 Å². The third-order valence-corrected chi connectivity index (χ3v) is 9.65. The summed E-state index contributed by atoms with van der Waals surface area (Å²) in [7, 11) is 0. The highest BCUT2D eigenvalue weighted by atomic mass is 14.4. The molecule has 0 atom stereocenters. The lowest BCUT2D eigenvalue weighted by Crippen LogP contribution is -2.14. The minimum atomic E-state index is -0.0539. The zero-order valence-corrected chi connectivity index (χ0v) is 25.2. The first kappa shape index (κ1) is 25.7. The molecule has 7 aromatic carbocycles. The molecule has 0 heterocycles. The minimum Gasteiger partial charge on any atom is -0.0622 e. The van der Waals surface area contributed by atoms with Crippen LogP contribution in [0.2, 0.25) is 0 Å². The lowest BCUT2D eigenvalue weighted by Gasteiger charge is -2.23. The van der Waals surface area contributed by atoms with Crippen LogP contribution in [0, 0.1) is 13.8 Å². The van der Waals surface area contributed by atoms with Gasteiger partial charge in [0.1, 0.15) is 0 Å². The number of benzene rings is 7. The van der Waals surface area contributed by atoms with Crippen molar-refractivity contribution in [2.45, 2.75) is 33.1 Å². The van der Waals surface area contributed by atoms with Crippen LogP contribution in [-0.4, -0.2) is 0 Å². The Balaban J connectivity index is 1.49. The highest BCUT2D eigenvalue weighted by molar-refractivity contribution is 6.22. The van der Waals surface area contributed by atoms with Crippen LogP contribution in [-0.2, 0) is 5.41 Å². The zero-order valence-electron chi connectivity index (χ0n) is 25.2. The summed E-state index contributed by atoms with van der Waals surface area (Å²) in [6, 6.07) is 49.8. The smallest absolute Gasteiger partial charge is 0.0159 e. The summed E-state index contributed by atoms with van der Waals surface area (Å²) in [6.07, 6.45) is 0. The van der Waals surface area contributed by atoms with E-state index in [0.717, 1.165) is 0 Å². The predicted molar refractivity (Wildman–Crippen MR) is 185 cm³/mol. The molecule has 0 aliphatic heterocycles. The van der Waals surface area contributed by atoms with Crippen molar-refractivity contribution < 1.29 is 0 Å². The van der Waals surface area contributed by atoms with Gasteiger partial charge >= 0.3 is 0 Å². The van der Waals surface area contributed by atoms with E-state index in [9.17, 15) is 0 Å². The van der Waals surface area contributed by atoms with Gasteiger partial charge in [-0.2, -0.15) is 0 Å². The highest BCUT2D eigenvalue weighted by Gasteiger charge is 2.35. The first-order valence-corrected chi connectivity index (χ1v) is 15.3. The standard InChI is InChI=1S/C43H34/c1-27-18-21-32(28(2)24-27)42-36-16-9-8-15-35(36)41(38-25-30(19-23-37(38)42)29-12-6-5-7-13-29)31-20-22-34-33-14-10-11-17-39(33)43(3,4)40(34)26-31/h5-26H,1-4H3. The topological polar surface area (TPSA) is 0 Å². The van der Waals surface area contributed by atoms with Gasteiger partial charge in [-0.05, 0) is 109 Å². The number of fused-ring (bicyclic) bond motifs is 5. The summed E-state index contributed by atoms with van der Waals surface area (Å²) in [4.78, 5) is 0. The minimum absolute atomic E-state index is 0.0539. The molecule has 0 nitrogen and oxygen atoms in total. The van der Waals surface area contributed by atoms with Crippen molar-refractivity contribution in [1.29, 1.82) is 0 Å². The molecule has 8 rings (SSSR count). The maximum Gasteiger partial charge on any atom is 0.0159 e. The van der Waals surface area contributed by atoms with Gasteiger partial charge in [0, 0.05) is 5.41 Å². The molecule has 0 saturated carbocycles. The quantitative estimate of drug-likeness (QED) is 0.192. The van der Waals surface area contributed by atoms with E-state index in [2.05, 4.69) is 161 Å². The molecule has 206 valence electrons. The normalized spacial score (nSPS) is 13.3. The summed E-state index contributed by atoms with van der Waals surface area (Å²) in [5.74, 6) is 0. The van der Waals surface area contributed by atoms with Gasteiger partial charge in [-0.15, -0.1) is 0 Å². The van der Waals surface area contributed by atoms with Crippen LogP contribution in [0.25, 0.3) is 66.1 Å². The van der Waals surface area contributed by atoms with Gasteiger partial charge in [0.25, 0.3) is 0 Å². The van der Waals surface area contributed by atoms with Gasteiger partial charge in [0.15, 0.2) is 0 Å². The molecule has 0 heteroatoms. The number of hydrogen-bond donors (Lipinski definition) is 0. The average Bonchev–Trinajstić information content (AvgIpc) is 3.26. The Labute approximate surface area is 254 Å². The highest BCUT2D eigenvalue weighted by Crippen LogP contribution is 2.51. The van der Waals surface area contributed by atoms with Crippen molar-refractivity contribution in [2.75, 3.05) is 0 Å². The Bertz CT molecular complexity index is 2210. The summed E-state index contributed by atoms with van der Waals surface area (Å²) >= 11 is 0.